The number of rotatable bonds is 10. The molecule has 4 rings (SSSR count). The minimum absolute atomic E-state index is 0.0759. The highest BCUT2D eigenvalue weighted by Gasteiger charge is 2.33. The fourth-order valence-electron chi connectivity index (χ4n) is 4.54. The van der Waals surface area contributed by atoms with E-state index < -0.39 is 17.6 Å². The zero-order chi connectivity index (χ0) is 28.5. The van der Waals surface area contributed by atoms with Crippen LogP contribution in [0.4, 0.5) is 18.9 Å². The highest BCUT2D eigenvalue weighted by molar-refractivity contribution is 6.02. The molecule has 1 aliphatic rings. The van der Waals surface area contributed by atoms with Crippen LogP contribution in [-0.2, 0) is 17.4 Å². The van der Waals surface area contributed by atoms with Crippen LogP contribution in [0.3, 0.4) is 0 Å². The average molecular weight is 553 g/mol. The van der Waals surface area contributed by atoms with E-state index in [1.165, 1.54) is 43.6 Å². The smallest absolute Gasteiger partial charge is 0.416 e. The second kappa shape index (κ2) is 13.3. The molecule has 1 aromatic heterocycles. The summed E-state index contributed by atoms with van der Waals surface area (Å²) in [6.45, 7) is 2.80. The molecule has 0 unspecified atom stereocenters. The molecule has 1 aliphatic heterocycles. The van der Waals surface area contributed by atoms with Gasteiger partial charge in [-0.15, -0.1) is 0 Å². The lowest BCUT2D eigenvalue weighted by Crippen LogP contribution is -2.21. The Morgan fingerprint density at radius 2 is 1.82 bits per heavy atom. The number of ether oxygens (including phenoxy) is 1. The normalized spacial score (nSPS) is 13.9. The maximum atomic E-state index is 13.8. The number of carbonyl (C=O) groups is 2. The highest BCUT2D eigenvalue weighted by atomic mass is 19.4. The number of hydrogen-bond acceptors (Lipinski definition) is 5. The quantitative estimate of drug-likeness (QED) is 0.305. The van der Waals surface area contributed by atoms with Gasteiger partial charge in [-0.25, -0.2) is 0 Å². The number of amides is 2. The fraction of sp³-hybridized carbons (Fsp3) is 0.300. The lowest BCUT2D eigenvalue weighted by atomic mass is 10.0. The maximum Gasteiger partial charge on any atom is 0.416 e. The van der Waals surface area contributed by atoms with Gasteiger partial charge >= 0.3 is 6.18 Å². The summed E-state index contributed by atoms with van der Waals surface area (Å²) < 4.78 is 47.1. The molecule has 210 valence electrons. The Kier molecular flexibility index (Phi) is 9.55. The van der Waals surface area contributed by atoms with Crippen molar-refractivity contribution in [2.24, 2.45) is 0 Å². The van der Waals surface area contributed by atoms with Crippen molar-refractivity contribution in [3.63, 3.8) is 0 Å². The first-order chi connectivity index (χ1) is 19.2. The van der Waals surface area contributed by atoms with Crippen molar-refractivity contribution in [3.8, 4) is 11.5 Å². The molecule has 0 bridgehead atoms. The van der Waals surface area contributed by atoms with E-state index in [9.17, 15) is 22.8 Å². The number of halogens is 3. The van der Waals surface area contributed by atoms with Crippen molar-refractivity contribution in [2.75, 3.05) is 32.0 Å². The zero-order valence-electron chi connectivity index (χ0n) is 22.1. The van der Waals surface area contributed by atoms with E-state index in [-0.39, 0.29) is 22.9 Å². The van der Waals surface area contributed by atoms with Crippen LogP contribution in [0, 0.1) is 0 Å². The van der Waals surface area contributed by atoms with Crippen LogP contribution in [0.25, 0.3) is 6.08 Å². The van der Waals surface area contributed by atoms with Gasteiger partial charge in [0.25, 0.3) is 5.91 Å². The number of anilines is 1. The van der Waals surface area contributed by atoms with Gasteiger partial charge in [-0.2, -0.15) is 13.2 Å². The molecule has 0 radical (unpaired) electrons. The monoisotopic (exact) mass is 552 g/mol. The molecule has 0 atom stereocenters. The Bertz CT molecular complexity index is 1370. The number of likely N-dealkylation sites (tertiary alicyclic amines) is 1. The molecular formula is C30H31F3N4O3. The van der Waals surface area contributed by atoms with Gasteiger partial charge in [-0.3, -0.25) is 14.6 Å². The Morgan fingerprint density at radius 1 is 1.05 bits per heavy atom. The number of aryl methyl sites for hydroxylation is 1. The summed E-state index contributed by atoms with van der Waals surface area (Å²) in [6.07, 6.45) is 2.97. The number of nitrogens with one attached hydrogen (secondary N) is 2. The Morgan fingerprint density at radius 3 is 2.58 bits per heavy atom. The molecule has 0 saturated carbocycles. The van der Waals surface area contributed by atoms with Gasteiger partial charge in [-0.05, 0) is 92.9 Å². The Balaban J connectivity index is 1.38. The second-order valence-electron chi connectivity index (χ2n) is 9.48. The van der Waals surface area contributed by atoms with E-state index in [1.807, 2.05) is 0 Å². The van der Waals surface area contributed by atoms with Crippen molar-refractivity contribution in [2.45, 2.75) is 31.9 Å². The molecule has 10 heteroatoms. The number of nitrogens with zero attached hydrogens (tertiary/aromatic N) is 2. The van der Waals surface area contributed by atoms with Gasteiger partial charge in [-0.1, -0.05) is 18.2 Å². The van der Waals surface area contributed by atoms with Crippen molar-refractivity contribution < 1.29 is 27.5 Å². The number of alkyl halides is 3. The molecule has 1 saturated heterocycles. The van der Waals surface area contributed by atoms with E-state index in [2.05, 4.69) is 20.5 Å². The summed E-state index contributed by atoms with van der Waals surface area (Å²) in [5.41, 5.74) is 0.422. The maximum absolute atomic E-state index is 13.8. The predicted molar refractivity (Wildman–Crippen MR) is 147 cm³/mol. The van der Waals surface area contributed by atoms with Gasteiger partial charge in [0.15, 0.2) is 0 Å². The van der Waals surface area contributed by atoms with Gasteiger partial charge in [0.2, 0.25) is 5.91 Å². The number of aromatic nitrogens is 1. The summed E-state index contributed by atoms with van der Waals surface area (Å²) in [7, 11) is 1.50. The molecule has 40 heavy (non-hydrogen) atoms. The number of benzene rings is 2. The van der Waals surface area contributed by atoms with Crippen LogP contribution in [-0.4, -0.2) is 48.4 Å². The molecule has 0 spiro atoms. The van der Waals surface area contributed by atoms with Gasteiger partial charge in [0.05, 0.1) is 5.56 Å². The van der Waals surface area contributed by atoms with Crippen molar-refractivity contribution in [1.29, 1.82) is 0 Å². The van der Waals surface area contributed by atoms with Crippen LogP contribution in [0.1, 0.15) is 46.4 Å². The van der Waals surface area contributed by atoms with Gasteiger partial charge < -0.3 is 20.3 Å². The molecular weight excluding hydrogens is 521 g/mol. The van der Waals surface area contributed by atoms with Crippen LogP contribution in [0.15, 0.2) is 66.9 Å². The van der Waals surface area contributed by atoms with Gasteiger partial charge in [0, 0.05) is 31.1 Å². The molecule has 3 aromatic rings. The third-order valence-corrected chi connectivity index (χ3v) is 6.51. The Labute approximate surface area is 231 Å². The summed E-state index contributed by atoms with van der Waals surface area (Å²) in [5, 5.41) is 5.01. The SMILES string of the molecule is CNC(=O)c1cc(Oc2cccc(C=CC(=O)Nc3ccc(CCCN4CCCC4)c(C(F)(F)F)c3)c2)ccn1. The van der Waals surface area contributed by atoms with Gasteiger partial charge in [0.1, 0.15) is 17.2 Å². The summed E-state index contributed by atoms with van der Waals surface area (Å²) >= 11 is 0. The molecule has 1 fully saturated rings. The van der Waals surface area contributed by atoms with Crippen LogP contribution >= 0.6 is 0 Å². The van der Waals surface area contributed by atoms with Crippen LogP contribution < -0.4 is 15.4 Å². The van der Waals surface area contributed by atoms with E-state index in [0.717, 1.165) is 38.5 Å². The van der Waals surface area contributed by atoms with E-state index in [4.69, 9.17) is 4.74 Å². The largest absolute Gasteiger partial charge is 0.457 e. The molecule has 2 aromatic carbocycles. The predicted octanol–water partition coefficient (Wildman–Crippen LogP) is 5.93. The second-order valence-corrected chi connectivity index (χ2v) is 9.48. The Hall–Kier alpha value is -4.18. The molecule has 2 N–H and O–H groups in total. The fourth-order valence-corrected chi connectivity index (χ4v) is 4.54. The summed E-state index contributed by atoms with van der Waals surface area (Å²) in [4.78, 5) is 30.6. The lowest BCUT2D eigenvalue weighted by molar-refractivity contribution is -0.138. The third-order valence-electron chi connectivity index (χ3n) is 6.51. The number of hydrogen-bond donors (Lipinski definition) is 2. The first-order valence-electron chi connectivity index (χ1n) is 13.1. The number of pyridine rings is 1. The summed E-state index contributed by atoms with van der Waals surface area (Å²) in [5.74, 6) is -0.0348. The minimum atomic E-state index is -4.52. The molecule has 0 aliphatic carbocycles. The van der Waals surface area contributed by atoms with E-state index in [1.54, 1.807) is 30.3 Å². The first-order valence-corrected chi connectivity index (χ1v) is 13.1. The standard InChI is InChI=1S/C30H31F3N4O3/c1-34-29(39)27-20-25(13-14-35-27)40-24-8-4-6-21(18-24)9-12-28(38)36-23-11-10-22(26(19-23)30(31,32)33)7-5-17-37-15-2-3-16-37/h4,6,8-14,18-20H,2-3,5,7,15-17H2,1H3,(H,34,39)(H,36,38). The topological polar surface area (TPSA) is 83.6 Å². The molecule has 2 amide bonds. The number of carbonyl (C=O) groups excluding carboxylic acids is 2. The molecule has 2 heterocycles. The third kappa shape index (κ3) is 8.16. The van der Waals surface area contributed by atoms with Crippen molar-refractivity contribution >= 4 is 23.6 Å². The minimum Gasteiger partial charge on any atom is -0.457 e. The lowest BCUT2D eigenvalue weighted by Gasteiger charge is -2.17. The van der Waals surface area contributed by atoms with E-state index >= 15 is 0 Å². The van der Waals surface area contributed by atoms with Crippen LogP contribution in [0.5, 0.6) is 11.5 Å². The zero-order valence-corrected chi connectivity index (χ0v) is 22.1. The highest BCUT2D eigenvalue weighted by Crippen LogP contribution is 2.34. The van der Waals surface area contributed by atoms with Crippen molar-refractivity contribution in [1.82, 2.24) is 15.2 Å². The first kappa shape index (κ1) is 28.8. The molecule has 7 nitrogen and oxygen atoms in total. The van der Waals surface area contributed by atoms with E-state index in [0.29, 0.717) is 29.9 Å². The summed E-state index contributed by atoms with van der Waals surface area (Å²) in [6, 6.07) is 13.9. The average Bonchev–Trinajstić information content (AvgIpc) is 3.45. The van der Waals surface area contributed by atoms with Crippen molar-refractivity contribution in [3.05, 3.63) is 89.3 Å². The van der Waals surface area contributed by atoms with Crippen LogP contribution in [0.2, 0.25) is 0 Å².